The van der Waals surface area contributed by atoms with Crippen molar-refractivity contribution >= 4 is 50.1 Å². The minimum absolute atomic E-state index is 0.228. The van der Waals surface area contributed by atoms with Crippen LogP contribution in [0.5, 0.6) is 0 Å². The molecule has 0 radical (unpaired) electrons. The van der Waals surface area contributed by atoms with Gasteiger partial charge < -0.3 is 8.68 Å². The van der Waals surface area contributed by atoms with Gasteiger partial charge in [0.25, 0.3) is 0 Å². The van der Waals surface area contributed by atoms with Gasteiger partial charge in [-0.2, -0.15) is 10.2 Å². The molecule has 0 aromatic rings. The van der Waals surface area contributed by atoms with Crippen LogP contribution in [-0.2, 0) is 4.79 Å². The van der Waals surface area contributed by atoms with E-state index in [0.29, 0.717) is 6.42 Å². The minimum atomic E-state index is -1.60. The van der Waals surface area contributed by atoms with E-state index in [2.05, 4.69) is 61.1 Å². The lowest BCUT2D eigenvalue weighted by Gasteiger charge is -2.50. The van der Waals surface area contributed by atoms with Gasteiger partial charge in [0, 0.05) is 6.42 Å². The summed E-state index contributed by atoms with van der Waals surface area (Å²) in [5.74, 6) is 0.228. The Morgan fingerprint density at radius 1 is 0.621 bits per heavy atom. The Bertz CT molecular complexity index is 698. The number of Topliss-reactive ketones (excluding diaryl/α,β-unsaturated/α-hetero) is 1. The number of hydrazone groups is 2. The molecule has 2 saturated heterocycles. The third-order valence-corrected chi connectivity index (χ3v) is 25.8. The molecule has 2 heterocycles. The van der Waals surface area contributed by atoms with Gasteiger partial charge in [0.1, 0.15) is 5.71 Å². The van der Waals surface area contributed by atoms with Crippen LogP contribution in [0.2, 0.25) is 76.6 Å². The maximum absolute atomic E-state index is 13.1. The predicted octanol–water partition coefficient (Wildman–Crippen LogP) is 5.68. The van der Waals surface area contributed by atoms with Crippen molar-refractivity contribution in [3.05, 3.63) is 0 Å². The fourth-order valence-corrected chi connectivity index (χ4v) is 27.5. The van der Waals surface area contributed by atoms with Crippen molar-refractivity contribution in [2.45, 2.75) is 109 Å². The molecule has 0 atom stereocenters. The molecule has 3 aliphatic rings. The van der Waals surface area contributed by atoms with E-state index >= 15 is 0 Å². The second-order valence-corrected chi connectivity index (χ2v) is 30.9. The Morgan fingerprint density at radius 3 is 1.48 bits per heavy atom. The molecule has 1 aliphatic carbocycles. The zero-order valence-electron chi connectivity index (χ0n) is 20.1. The molecule has 0 aromatic heterocycles. The quantitative estimate of drug-likeness (QED) is 0.492. The number of rotatable bonds is 2. The van der Waals surface area contributed by atoms with Gasteiger partial charge >= 0.3 is 0 Å². The maximum atomic E-state index is 13.1. The van der Waals surface area contributed by atoms with Gasteiger partial charge in [-0.05, 0) is 37.0 Å². The Morgan fingerprint density at radius 2 is 1.03 bits per heavy atom. The SMILES string of the molecule is C[Si]1(C)CCC[Si](C)(C)N1N=C1CCCC(=O)C1=NN1[Si](C)(C)CCC[Si]1(C)C. The van der Waals surface area contributed by atoms with E-state index in [1.54, 1.807) is 0 Å². The highest BCUT2D eigenvalue weighted by molar-refractivity contribution is 6.92. The lowest BCUT2D eigenvalue weighted by Crippen LogP contribution is -2.63. The van der Waals surface area contributed by atoms with E-state index in [1.807, 2.05) is 0 Å². The second kappa shape index (κ2) is 7.87. The molecule has 0 unspecified atom stereocenters. The van der Waals surface area contributed by atoms with Gasteiger partial charge in [-0.15, -0.1) is 0 Å². The second-order valence-electron chi connectivity index (χ2n) is 11.9. The molecule has 3 fully saturated rings. The minimum Gasteiger partial charge on any atom is -0.349 e. The highest BCUT2D eigenvalue weighted by atomic mass is 28.4. The average Bonchev–Trinajstić information content (AvgIpc) is 2.55. The van der Waals surface area contributed by atoms with Crippen LogP contribution in [-0.4, -0.2) is 58.8 Å². The van der Waals surface area contributed by atoms with Crippen molar-refractivity contribution in [3.8, 4) is 0 Å². The molecule has 0 aromatic carbocycles. The Labute approximate surface area is 182 Å². The molecule has 0 amide bonds. The maximum Gasteiger partial charge on any atom is 0.184 e. The van der Waals surface area contributed by atoms with Gasteiger partial charge in [-0.25, -0.2) is 0 Å². The van der Waals surface area contributed by atoms with Crippen LogP contribution in [0.3, 0.4) is 0 Å². The van der Waals surface area contributed by atoms with Crippen molar-refractivity contribution in [2.75, 3.05) is 0 Å². The molecule has 3 rings (SSSR count). The Kier molecular flexibility index (Phi) is 6.28. The molecule has 0 N–H and O–H groups in total. The van der Waals surface area contributed by atoms with Crippen molar-refractivity contribution < 1.29 is 4.79 Å². The monoisotopic (exact) mass is 466 g/mol. The van der Waals surface area contributed by atoms with Crippen molar-refractivity contribution in [1.29, 1.82) is 0 Å². The third-order valence-electron chi connectivity index (χ3n) is 7.22. The van der Waals surface area contributed by atoms with E-state index in [-0.39, 0.29) is 5.78 Å². The summed E-state index contributed by atoms with van der Waals surface area (Å²) in [6, 6.07) is 5.19. The van der Waals surface area contributed by atoms with Gasteiger partial charge in [0.05, 0.1) is 5.71 Å². The number of carbonyl (C=O) groups is 1. The number of hydrogen-bond acceptors (Lipinski definition) is 5. The third kappa shape index (κ3) is 4.72. The summed E-state index contributed by atoms with van der Waals surface area (Å²) >= 11 is 0. The van der Waals surface area contributed by atoms with E-state index in [4.69, 9.17) is 10.2 Å². The van der Waals surface area contributed by atoms with E-state index in [1.165, 1.54) is 37.0 Å². The highest BCUT2D eigenvalue weighted by Gasteiger charge is 2.46. The first kappa shape index (κ1) is 23.1. The summed E-state index contributed by atoms with van der Waals surface area (Å²) in [6.45, 7) is 19.6. The number of ketones is 1. The molecule has 1 saturated carbocycles. The van der Waals surface area contributed by atoms with Crippen LogP contribution < -0.4 is 0 Å². The molecule has 29 heavy (non-hydrogen) atoms. The molecule has 2 aliphatic heterocycles. The van der Waals surface area contributed by atoms with Crippen LogP contribution in [0.1, 0.15) is 32.1 Å². The lowest BCUT2D eigenvalue weighted by molar-refractivity contribution is -0.113. The fourth-order valence-electron chi connectivity index (χ4n) is 5.76. The number of carbonyl (C=O) groups excluding carboxylic acids is 1. The van der Waals surface area contributed by atoms with Gasteiger partial charge in [0.15, 0.2) is 38.7 Å². The van der Waals surface area contributed by atoms with Gasteiger partial charge in [0.2, 0.25) is 0 Å². The van der Waals surface area contributed by atoms with Gasteiger partial charge in [-0.1, -0.05) is 65.2 Å². The zero-order chi connectivity index (χ0) is 21.7. The summed E-state index contributed by atoms with van der Waals surface area (Å²) in [7, 11) is -6.32. The highest BCUT2D eigenvalue weighted by Crippen LogP contribution is 2.37. The molecular weight excluding hydrogens is 425 g/mol. The molecule has 0 spiro atoms. The topological polar surface area (TPSA) is 48.3 Å². The molecule has 9 heteroatoms. The van der Waals surface area contributed by atoms with Crippen LogP contribution in [0.15, 0.2) is 10.2 Å². The Hall–Kier alpha value is -0.522. The summed E-state index contributed by atoms with van der Waals surface area (Å²) in [6.07, 6.45) is 5.16. The van der Waals surface area contributed by atoms with Gasteiger partial charge in [-0.3, -0.25) is 4.79 Å². The number of nitrogens with zero attached hydrogens (tertiary/aromatic N) is 4. The van der Waals surface area contributed by atoms with Crippen LogP contribution in [0.25, 0.3) is 0 Å². The standard InChI is InChI=1S/C20H42N4OSi4/c1-26(2)14-10-15-27(3,4)23(26)21-18-12-9-13-19(25)20(18)22-24-28(5,6)16-11-17-29(24,7)8/h9-17H2,1-8H3. The largest absolute Gasteiger partial charge is 0.349 e. The van der Waals surface area contributed by atoms with E-state index in [9.17, 15) is 4.79 Å². The first-order valence-electron chi connectivity index (χ1n) is 11.6. The average molecular weight is 467 g/mol. The Balaban J connectivity index is 2.05. The van der Waals surface area contributed by atoms with Crippen LogP contribution >= 0.6 is 0 Å². The van der Waals surface area contributed by atoms with Crippen molar-refractivity contribution in [3.63, 3.8) is 0 Å². The zero-order valence-corrected chi connectivity index (χ0v) is 24.1. The number of hydrogen-bond donors (Lipinski definition) is 0. The van der Waals surface area contributed by atoms with E-state index < -0.39 is 32.9 Å². The van der Waals surface area contributed by atoms with Crippen molar-refractivity contribution in [2.24, 2.45) is 10.2 Å². The smallest absolute Gasteiger partial charge is 0.184 e. The van der Waals surface area contributed by atoms with E-state index in [0.717, 1.165) is 24.3 Å². The summed E-state index contributed by atoms with van der Waals surface area (Å²) in [4.78, 5) is 13.1. The molecular formula is C20H42N4OSi4. The lowest BCUT2D eigenvalue weighted by atomic mass is 9.95. The summed E-state index contributed by atoms with van der Waals surface area (Å²) in [5, 5.41) is 10.5. The predicted molar refractivity (Wildman–Crippen MR) is 136 cm³/mol. The summed E-state index contributed by atoms with van der Waals surface area (Å²) < 4.78 is 5.09. The molecule has 5 nitrogen and oxygen atoms in total. The fraction of sp³-hybridized carbons (Fsp3) is 0.850. The first-order chi connectivity index (χ1) is 13.3. The summed E-state index contributed by atoms with van der Waals surface area (Å²) in [5.41, 5.74) is 1.73. The van der Waals surface area contributed by atoms with Crippen LogP contribution in [0.4, 0.5) is 0 Å². The molecule has 164 valence electrons. The normalized spacial score (nSPS) is 31.4. The molecule has 0 bridgehead atoms. The van der Waals surface area contributed by atoms with Crippen molar-refractivity contribution in [1.82, 2.24) is 8.68 Å². The van der Waals surface area contributed by atoms with Crippen LogP contribution in [0, 0.1) is 0 Å². The first-order valence-corrected chi connectivity index (χ1v) is 24.2.